The van der Waals surface area contributed by atoms with E-state index in [0.29, 0.717) is 34.7 Å². The Balaban J connectivity index is 2.08. The summed E-state index contributed by atoms with van der Waals surface area (Å²) in [6.07, 6.45) is 0. The van der Waals surface area contributed by atoms with Crippen LogP contribution in [0.4, 0.5) is 0 Å². The van der Waals surface area contributed by atoms with E-state index in [4.69, 9.17) is 17.4 Å². The molecule has 1 aromatic carbocycles. The quantitative estimate of drug-likeness (QED) is 0.464. The number of carbonyl (C=O) groups is 1. The molecule has 2 rings (SSSR count). The average molecular weight is 366 g/mol. The molecular weight excluding hydrogens is 346 g/mol. The van der Waals surface area contributed by atoms with E-state index in [1.165, 1.54) is 16.4 Å². The largest absolute Gasteiger partial charge is 0.338 e. The second-order valence-electron chi connectivity index (χ2n) is 5.31. The van der Waals surface area contributed by atoms with Gasteiger partial charge in [0.25, 0.3) is 0 Å². The van der Waals surface area contributed by atoms with Gasteiger partial charge in [-0.15, -0.1) is 10.2 Å². The Hall–Kier alpha value is -1.99. The molecule has 2 aromatic rings. The zero-order chi connectivity index (χ0) is 17.7. The fraction of sp³-hybridized carbons (Fsp3) is 0.312. The number of hydrogen-bond donors (Lipinski definition) is 1. The third-order valence-electron chi connectivity index (χ3n) is 3.30. The van der Waals surface area contributed by atoms with E-state index in [9.17, 15) is 4.79 Å². The van der Waals surface area contributed by atoms with Crippen molar-refractivity contribution < 1.29 is 4.79 Å². The van der Waals surface area contributed by atoms with E-state index in [1.807, 2.05) is 32.0 Å². The first-order valence-electron chi connectivity index (χ1n) is 7.44. The first-order chi connectivity index (χ1) is 11.4. The van der Waals surface area contributed by atoms with Crippen LogP contribution in [0.1, 0.15) is 13.8 Å². The van der Waals surface area contributed by atoms with Gasteiger partial charge in [-0.25, -0.2) is 4.68 Å². The van der Waals surface area contributed by atoms with Crippen LogP contribution in [-0.4, -0.2) is 44.5 Å². The highest BCUT2D eigenvalue weighted by Gasteiger charge is 2.17. The first-order valence-corrected chi connectivity index (χ1v) is 8.80. The van der Waals surface area contributed by atoms with Gasteiger partial charge in [0.2, 0.25) is 11.1 Å². The van der Waals surface area contributed by atoms with Gasteiger partial charge >= 0.3 is 0 Å². The third kappa shape index (κ3) is 4.30. The van der Waals surface area contributed by atoms with Crippen molar-refractivity contribution in [2.45, 2.75) is 19.0 Å². The molecule has 1 amide bonds. The van der Waals surface area contributed by atoms with Gasteiger partial charge in [-0.2, -0.15) is 0 Å². The molecule has 1 aromatic heterocycles. The highest BCUT2D eigenvalue weighted by Crippen LogP contribution is 2.27. The van der Waals surface area contributed by atoms with E-state index in [2.05, 4.69) is 16.8 Å². The standard InChI is InChI=1S/C16H20ClN5OS/c1-4-21(9-11(2)3)14(23)10-24-16-20-19-15(22(16)18)12-7-5-6-8-13(12)17/h5-8H,2,4,9-10,18H2,1,3H3. The average Bonchev–Trinajstić information content (AvgIpc) is 2.91. The molecule has 0 saturated heterocycles. The number of nitrogens with two attached hydrogens (primary N) is 1. The SMILES string of the molecule is C=C(C)CN(CC)C(=O)CSc1nnc(-c2ccccc2Cl)n1N. The summed E-state index contributed by atoms with van der Waals surface area (Å²) in [6.45, 7) is 8.86. The Morgan fingerprint density at radius 2 is 2.12 bits per heavy atom. The molecule has 0 atom stereocenters. The van der Waals surface area contributed by atoms with Crippen LogP contribution < -0.4 is 5.84 Å². The Morgan fingerprint density at radius 1 is 1.42 bits per heavy atom. The molecule has 0 aliphatic carbocycles. The number of rotatable bonds is 7. The number of amides is 1. The fourth-order valence-electron chi connectivity index (χ4n) is 2.12. The van der Waals surface area contributed by atoms with Gasteiger partial charge in [-0.05, 0) is 26.0 Å². The third-order valence-corrected chi connectivity index (χ3v) is 4.56. The number of nitrogen functional groups attached to an aromatic ring is 1. The summed E-state index contributed by atoms with van der Waals surface area (Å²) < 4.78 is 1.36. The molecule has 24 heavy (non-hydrogen) atoms. The summed E-state index contributed by atoms with van der Waals surface area (Å²) in [5.74, 6) is 6.76. The summed E-state index contributed by atoms with van der Waals surface area (Å²) in [5.41, 5.74) is 1.64. The van der Waals surface area contributed by atoms with E-state index >= 15 is 0 Å². The van der Waals surface area contributed by atoms with Crippen LogP contribution >= 0.6 is 23.4 Å². The van der Waals surface area contributed by atoms with Gasteiger partial charge in [0.1, 0.15) is 0 Å². The number of carbonyl (C=O) groups excluding carboxylic acids is 1. The number of thioether (sulfide) groups is 1. The van der Waals surface area contributed by atoms with Gasteiger partial charge in [-0.3, -0.25) is 4.79 Å². The zero-order valence-corrected chi connectivity index (χ0v) is 15.3. The Labute approximate surface area is 150 Å². The minimum atomic E-state index is 0.00722. The summed E-state index contributed by atoms with van der Waals surface area (Å²) >= 11 is 7.41. The number of halogens is 1. The van der Waals surface area contributed by atoms with Crippen molar-refractivity contribution in [2.24, 2.45) is 0 Å². The van der Waals surface area contributed by atoms with Gasteiger partial charge in [0.15, 0.2) is 5.82 Å². The molecule has 128 valence electrons. The molecule has 0 fully saturated rings. The summed E-state index contributed by atoms with van der Waals surface area (Å²) in [4.78, 5) is 14.0. The molecule has 0 bridgehead atoms. The molecule has 0 radical (unpaired) electrons. The van der Waals surface area contributed by atoms with Gasteiger partial charge in [0, 0.05) is 18.7 Å². The summed E-state index contributed by atoms with van der Waals surface area (Å²) in [7, 11) is 0. The molecule has 2 N–H and O–H groups in total. The number of aromatic nitrogens is 3. The van der Waals surface area contributed by atoms with Crippen molar-refractivity contribution in [1.29, 1.82) is 0 Å². The molecule has 6 nitrogen and oxygen atoms in total. The van der Waals surface area contributed by atoms with Gasteiger partial charge in [0.05, 0.1) is 10.8 Å². The highest BCUT2D eigenvalue weighted by molar-refractivity contribution is 7.99. The Kier molecular flexibility index (Phi) is 6.28. The summed E-state index contributed by atoms with van der Waals surface area (Å²) in [5, 5.41) is 9.14. The van der Waals surface area contributed by atoms with E-state index in [0.717, 1.165) is 5.57 Å². The molecule has 0 aliphatic heterocycles. The predicted octanol–water partition coefficient (Wildman–Crippen LogP) is 2.83. The normalized spacial score (nSPS) is 10.6. The lowest BCUT2D eigenvalue weighted by atomic mass is 10.2. The maximum atomic E-state index is 12.3. The topological polar surface area (TPSA) is 77.0 Å². The molecule has 1 heterocycles. The van der Waals surface area contributed by atoms with Crippen LogP contribution in [0.15, 0.2) is 41.6 Å². The van der Waals surface area contributed by atoms with Crippen molar-refractivity contribution in [2.75, 3.05) is 24.7 Å². The van der Waals surface area contributed by atoms with E-state index in [1.54, 1.807) is 11.0 Å². The maximum absolute atomic E-state index is 12.3. The van der Waals surface area contributed by atoms with Crippen molar-refractivity contribution in [3.63, 3.8) is 0 Å². The van der Waals surface area contributed by atoms with Crippen molar-refractivity contribution in [3.8, 4) is 11.4 Å². The minimum Gasteiger partial charge on any atom is -0.338 e. The lowest BCUT2D eigenvalue weighted by Gasteiger charge is -2.20. The number of benzene rings is 1. The highest BCUT2D eigenvalue weighted by atomic mass is 35.5. The van der Waals surface area contributed by atoms with Crippen LogP contribution in [0.25, 0.3) is 11.4 Å². The van der Waals surface area contributed by atoms with Crippen LogP contribution in [0.5, 0.6) is 0 Å². The minimum absolute atomic E-state index is 0.00722. The summed E-state index contributed by atoms with van der Waals surface area (Å²) in [6, 6.07) is 7.26. The van der Waals surface area contributed by atoms with E-state index in [-0.39, 0.29) is 11.7 Å². The van der Waals surface area contributed by atoms with E-state index < -0.39 is 0 Å². The number of nitrogens with zero attached hydrogens (tertiary/aromatic N) is 4. The molecular formula is C16H20ClN5OS. The van der Waals surface area contributed by atoms with Crippen LogP contribution in [0, 0.1) is 0 Å². The number of likely N-dealkylation sites (N-methyl/N-ethyl adjacent to an activating group) is 1. The van der Waals surface area contributed by atoms with Gasteiger partial charge < -0.3 is 10.7 Å². The second-order valence-corrected chi connectivity index (χ2v) is 6.66. The van der Waals surface area contributed by atoms with Crippen molar-refractivity contribution in [1.82, 2.24) is 19.8 Å². The molecule has 0 spiro atoms. The smallest absolute Gasteiger partial charge is 0.233 e. The fourth-order valence-corrected chi connectivity index (χ4v) is 3.10. The molecule has 0 saturated carbocycles. The Bertz CT molecular complexity index is 746. The van der Waals surface area contributed by atoms with Crippen LogP contribution in [-0.2, 0) is 4.79 Å². The second kappa shape index (κ2) is 8.21. The maximum Gasteiger partial charge on any atom is 0.233 e. The monoisotopic (exact) mass is 365 g/mol. The lowest BCUT2D eigenvalue weighted by Crippen LogP contribution is -2.33. The zero-order valence-electron chi connectivity index (χ0n) is 13.7. The molecule has 0 unspecified atom stereocenters. The predicted molar refractivity (Wildman–Crippen MR) is 98.4 cm³/mol. The van der Waals surface area contributed by atoms with Crippen LogP contribution in [0.2, 0.25) is 5.02 Å². The molecule has 8 heteroatoms. The van der Waals surface area contributed by atoms with Crippen LogP contribution in [0.3, 0.4) is 0 Å². The molecule has 0 aliphatic rings. The van der Waals surface area contributed by atoms with Crippen molar-refractivity contribution in [3.05, 3.63) is 41.4 Å². The first kappa shape index (κ1) is 18.4. The Morgan fingerprint density at radius 3 is 2.75 bits per heavy atom. The number of hydrogen-bond acceptors (Lipinski definition) is 5. The lowest BCUT2D eigenvalue weighted by molar-refractivity contribution is -0.127. The van der Waals surface area contributed by atoms with Gasteiger partial charge in [-0.1, -0.05) is 47.6 Å². The van der Waals surface area contributed by atoms with Crippen molar-refractivity contribution >= 4 is 29.3 Å².